The molecule has 15 aromatic rings. The maximum atomic E-state index is 16.3. The molecule has 14 nitrogen and oxygen atoms in total. The second-order valence-corrected chi connectivity index (χ2v) is 25.0. The Morgan fingerprint density at radius 3 is 0.649 bits per heavy atom. The molecule has 4 amide bonds. The van der Waals surface area contributed by atoms with Gasteiger partial charge in [0.2, 0.25) is 0 Å². The van der Waals surface area contributed by atoms with Crippen molar-refractivity contribution < 1.29 is 38.1 Å². The van der Waals surface area contributed by atoms with Crippen LogP contribution in [0.1, 0.15) is 74.8 Å². The Kier molecular flexibility index (Phi) is 12.1. The van der Waals surface area contributed by atoms with Gasteiger partial charge in [0, 0.05) is 43.1 Å². The summed E-state index contributed by atoms with van der Waals surface area (Å²) in [4.78, 5) is 67.6. The van der Waals surface area contributed by atoms with E-state index in [0.717, 1.165) is 109 Å². The average Bonchev–Trinajstić information content (AvgIpc) is 1.55. The van der Waals surface area contributed by atoms with Crippen molar-refractivity contribution in [1.82, 2.24) is 18.3 Å². The van der Waals surface area contributed by atoms with E-state index in [0.29, 0.717) is 68.2 Å². The zero-order chi connectivity index (χ0) is 64.6. The molecule has 14 heteroatoms. The minimum Gasteiger partial charge on any atom is -0.497 e. The number of carbonyl (C=O) groups excluding carboxylic acids is 4. The van der Waals surface area contributed by atoms with E-state index in [1.165, 1.54) is 9.80 Å². The van der Waals surface area contributed by atoms with Gasteiger partial charge < -0.3 is 37.2 Å². The maximum absolute atomic E-state index is 16.3. The molecule has 0 saturated heterocycles. The van der Waals surface area contributed by atoms with Crippen LogP contribution in [-0.4, -0.2) is 70.3 Å². The van der Waals surface area contributed by atoms with Gasteiger partial charge >= 0.3 is 0 Å². The first-order chi connectivity index (χ1) is 45.6. The molecule has 11 aromatic carbocycles. The Labute approximate surface area is 539 Å². The number of hydrogen-bond acceptors (Lipinski definition) is 8. The second kappa shape index (κ2) is 20.3. The topological polar surface area (TPSA) is 131 Å². The van der Waals surface area contributed by atoms with Gasteiger partial charge in [0.05, 0.1) is 129 Å². The van der Waals surface area contributed by atoms with Crippen molar-refractivity contribution in [3.63, 3.8) is 0 Å². The predicted octanol–water partition coefficient (Wildman–Crippen LogP) is 17.6. The molecule has 0 N–H and O–H groups in total. The minimum absolute atomic E-state index is 0.209. The van der Waals surface area contributed by atoms with Gasteiger partial charge in [-0.3, -0.25) is 19.2 Å². The van der Waals surface area contributed by atoms with Crippen LogP contribution in [0.4, 0.5) is 11.4 Å². The molecule has 0 unspecified atom stereocenters. The monoisotopic (exact) mass is 1230 g/mol. The van der Waals surface area contributed by atoms with E-state index in [4.69, 9.17) is 18.9 Å². The lowest BCUT2D eigenvalue weighted by atomic mass is 10.0. The molecule has 0 radical (unpaired) electrons. The number of hydrogen-bond donors (Lipinski definition) is 0. The van der Waals surface area contributed by atoms with Crippen molar-refractivity contribution in [2.24, 2.45) is 0 Å². The van der Waals surface area contributed by atoms with Gasteiger partial charge in [0.1, 0.15) is 23.0 Å². The summed E-state index contributed by atoms with van der Waals surface area (Å²) in [5, 5.41) is 7.50. The third-order valence-electron chi connectivity index (χ3n) is 19.5. The second-order valence-electron chi connectivity index (χ2n) is 25.0. The van der Waals surface area contributed by atoms with Gasteiger partial charge in [-0.2, -0.15) is 0 Å². The first kappa shape index (κ1) is 56.1. The van der Waals surface area contributed by atoms with Crippen LogP contribution in [0.3, 0.4) is 0 Å². The average molecular weight is 1230 g/mol. The van der Waals surface area contributed by atoms with E-state index in [-0.39, 0.29) is 22.3 Å². The normalized spacial score (nSPS) is 13.3. The fraction of sp³-hybridized carbons (Fsp3) is 0.125. The number of methoxy groups -OCH3 is 4. The van der Waals surface area contributed by atoms with Crippen molar-refractivity contribution in [2.75, 3.05) is 38.2 Å². The van der Waals surface area contributed by atoms with Crippen molar-refractivity contribution in [3.05, 3.63) is 238 Å². The summed E-state index contributed by atoms with van der Waals surface area (Å²) in [6.45, 7) is 11.9. The van der Waals surface area contributed by atoms with Crippen LogP contribution < -0.4 is 28.7 Å². The standard InChI is InChI=1S/C80H60N6O8/c1-41-11-19-59-51(31-41)52-32-42(2)12-20-60(52)81(59)67-27-29-69(83-63-23-15-47(91-7)37-55(63)56-38-48(92-8)16-24-64(56)83)75-73(67)77(87)85(79(75)89)71-35-46(6)72(36-45(71)5)86-78(88)74-68(82-61-21-13-43(3)33-53(61)54-34-44(4)14-22-62(54)82)28-30-70(76(74)80(86)90)84-65-25-17-49(93-9)39-57(65)58-40-50(94-10)18-26-66(58)84/h11-40H,1-10H3. The lowest BCUT2D eigenvalue weighted by Gasteiger charge is -2.23. The lowest BCUT2D eigenvalue weighted by Crippen LogP contribution is -2.32. The van der Waals surface area contributed by atoms with Gasteiger partial charge in [-0.15, -0.1) is 0 Å². The number of nitrogens with zero attached hydrogens (tertiary/aromatic N) is 6. The van der Waals surface area contributed by atoms with Crippen LogP contribution in [0.25, 0.3) is 110 Å². The number of benzene rings is 11. The van der Waals surface area contributed by atoms with Crippen LogP contribution in [0, 0.1) is 41.5 Å². The number of aryl methyl sites for hydroxylation is 6. The quantitative estimate of drug-likeness (QED) is 0.124. The highest BCUT2D eigenvalue weighted by Crippen LogP contribution is 2.48. The number of aromatic nitrogens is 4. The molecule has 0 fully saturated rings. The van der Waals surface area contributed by atoms with Gasteiger partial charge in [-0.05, 0) is 210 Å². The third-order valence-corrected chi connectivity index (χ3v) is 19.5. The molecular formula is C80H60N6O8. The molecule has 0 saturated carbocycles. The third kappa shape index (κ3) is 7.76. The van der Waals surface area contributed by atoms with Crippen molar-refractivity contribution in [2.45, 2.75) is 41.5 Å². The molecule has 6 heterocycles. The van der Waals surface area contributed by atoms with E-state index in [2.05, 4.69) is 110 Å². The Bertz CT molecular complexity index is 5390. The van der Waals surface area contributed by atoms with Gasteiger partial charge in [0.25, 0.3) is 23.6 Å². The van der Waals surface area contributed by atoms with Gasteiger partial charge in [-0.1, -0.05) is 46.5 Å². The first-order valence-corrected chi connectivity index (χ1v) is 31.2. The summed E-state index contributed by atoms with van der Waals surface area (Å²) in [5.41, 5.74) is 15.5. The molecule has 2 aliphatic rings. The summed E-state index contributed by atoms with van der Waals surface area (Å²) in [5.74, 6) is 0.477. The predicted molar refractivity (Wildman–Crippen MR) is 374 cm³/mol. The highest BCUT2D eigenvalue weighted by molar-refractivity contribution is 6.39. The number of rotatable bonds is 10. The Hall–Kier alpha value is -11.9. The van der Waals surface area contributed by atoms with Crippen LogP contribution in [0.2, 0.25) is 0 Å². The zero-order valence-electron chi connectivity index (χ0n) is 53.3. The van der Waals surface area contributed by atoms with Crippen molar-refractivity contribution in [1.29, 1.82) is 0 Å². The SMILES string of the molecule is COc1ccc2c(c1)c1cc(OC)ccc1n2-c1ccc(-n2c3ccc(C)cc3c3cc(C)ccc32)c2c1C(=O)N(c1cc(C)c(N3C(=O)c4c(-n5c6ccc(C)cc6c6cc(C)ccc65)ccc(-n5c6ccc(OC)cc6c6cc(OC)ccc65)c4C3=O)cc1C)C2=O. The van der Waals surface area contributed by atoms with Gasteiger partial charge in [0.15, 0.2) is 0 Å². The van der Waals surface area contributed by atoms with Gasteiger partial charge in [-0.25, -0.2) is 9.80 Å². The maximum Gasteiger partial charge on any atom is 0.268 e. The van der Waals surface area contributed by atoms with E-state index in [9.17, 15) is 0 Å². The first-order valence-electron chi connectivity index (χ1n) is 31.2. The zero-order valence-corrected chi connectivity index (χ0v) is 53.3. The Morgan fingerprint density at radius 1 is 0.234 bits per heavy atom. The van der Waals surface area contributed by atoms with E-state index in [1.807, 2.05) is 120 Å². The van der Waals surface area contributed by atoms with E-state index >= 15 is 19.2 Å². The van der Waals surface area contributed by atoms with Crippen LogP contribution in [-0.2, 0) is 0 Å². The number of fused-ring (bicyclic) bond motifs is 14. The molecule has 2 aliphatic heterocycles. The number of carbonyl (C=O) groups is 4. The summed E-state index contributed by atoms with van der Waals surface area (Å²) in [7, 11) is 6.52. The highest BCUT2D eigenvalue weighted by Gasteiger charge is 2.46. The van der Waals surface area contributed by atoms with Crippen LogP contribution >= 0.6 is 0 Å². The number of amides is 4. The smallest absolute Gasteiger partial charge is 0.268 e. The molecule has 458 valence electrons. The summed E-state index contributed by atoms with van der Waals surface area (Å²) >= 11 is 0. The molecule has 0 spiro atoms. The number of ether oxygens (including phenoxy) is 4. The molecule has 0 bridgehead atoms. The fourth-order valence-electron chi connectivity index (χ4n) is 15.1. The van der Waals surface area contributed by atoms with Crippen molar-refractivity contribution >= 4 is 122 Å². The van der Waals surface area contributed by atoms with E-state index in [1.54, 1.807) is 40.6 Å². The number of imide groups is 2. The largest absolute Gasteiger partial charge is 0.497 e. The number of anilines is 2. The van der Waals surface area contributed by atoms with E-state index < -0.39 is 23.6 Å². The Morgan fingerprint density at radius 2 is 0.436 bits per heavy atom. The summed E-state index contributed by atoms with van der Waals surface area (Å²) in [6, 6.07) is 59.8. The molecule has 0 atom stereocenters. The molecular weight excluding hydrogens is 1170 g/mol. The molecule has 4 aromatic heterocycles. The fourth-order valence-corrected chi connectivity index (χ4v) is 15.1. The Balaban J connectivity index is 0.868. The summed E-state index contributed by atoms with van der Waals surface area (Å²) < 4.78 is 31.3. The van der Waals surface area contributed by atoms with Crippen LogP contribution in [0.5, 0.6) is 23.0 Å². The summed E-state index contributed by atoms with van der Waals surface area (Å²) in [6.07, 6.45) is 0. The molecule has 0 aliphatic carbocycles. The minimum atomic E-state index is -0.537. The highest BCUT2D eigenvalue weighted by atomic mass is 16.5. The molecule has 94 heavy (non-hydrogen) atoms. The van der Waals surface area contributed by atoms with Crippen LogP contribution in [0.15, 0.2) is 182 Å². The molecule has 17 rings (SSSR count). The van der Waals surface area contributed by atoms with Crippen molar-refractivity contribution in [3.8, 4) is 45.7 Å². The lowest BCUT2D eigenvalue weighted by molar-refractivity contribution is 0.0909.